The lowest BCUT2D eigenvalue weighted by molar-refractivity contribution is -0.121. The van der Waals surface area contributed by atoms with E-state index in [1.54, 1.807) is 0 Å². The fraction of sp³-hybridized carbons (Fsp3) is 0.667. The number of hydrogen-bond acceptors (Lipinski definition) is 3. The van der Waals surface area contributed by atoms with Gasteiger partial charge in [0.15, 0.2) is 0 Å². The zero-order valence-corrected chi connectivity index (χ0v) is 10.3. The Hall–Kier alpha value is -1.36. The maximum Gasteiger partial charge on any atom is 0.221 e. The van der Waals surface area contributed by atoms with E-state index in [9.17, 15) is 4.79 Å². The van der Waals surface area contributed by atoms with Crippen molar-refractivity contribution in [3.05, 3.63) is 18.0 Å². The van der Waals surface area contributed by atoms with Crippen molar-refractivity contribution in [1.82, 2.24) is 20.4 Å². The van der Waals surface area contributed by atoms with Crippen LogP contribution < -0.4 is 10.6 Å². The van der Waals surface area contributed by atoms with Gasteiger partial charge < -0.3 is 10.6 Å². The van der Waals surface area contributed by atoms with Crippen LogP contribution in [0, 0.1) is 6.92 Å². The third-order valence-electron chi connectivity index (χ3n) is 3.02. The molecular formula is C12H20N4O. The first-order valence-electron chi connectivity index (χ1n) is 6.23. The van der Waals surface area contributed by atoms with Crippen LogP contribution in [0.25, 0.3) is 0 Å². The molecule has 1 unspecified atom stereocenters. The van der Waals surface area contributed by atoms with E-state index in [1.165, 1.54) is 5.56 Å². The van der Waals surface area contributed by atoms with E-state index in [1.807, 2.05) is 24.0 Å². The van der Waals surface area contributed by atoms with E-state index in [2.05, 4.69) is 15.7 Å². The van der Waals surface area contributed by atoms with E-state index >= 15 is 0 Å². The Balaban J connectivity index is 1.72. The van der Waals surface area contributed by atoms with Gasteiger partial charge in [-0.2, -0.15) is 5.10 Å². The molecule has 0 aromatic carbocycles. The van der Waals surface area contributed by atoms with Gasteiger partial charge in [-0.05, 0) is 25.3 Å². The first-order valence-corrected chi connectivity index (χ1v) is 6.23. The Labute approximate surface area is 102 Å². The van der Waals surface area contributed by atoms with Crippen molar-refractivity contribution in [3.63, 3.8) is 0 Å². The third kappa shape index (κ3) is 3.85. The van der Waals surface area contributed by atoms with Crippen LogP contribution in [0.3, 0.4) is 0 Å². The zero-order valence-electron chi connectivity index (χ0n) is 10.3. The van der Waals surface area contributed by atoms with Crippen molar-refractivity contribution in [2.75, 3.05) is 13.1 Å². The molecule has 1 aromatic heterocycles. The summed E-state index contributed by atoms with van der Waals surface area (Å²) >= 11 is 0. The summed E-state index contributed by atoms with van der Waals surface area (Å²) in [5.41, 5.74) is 1.18. The second kappa shape index (κ2) is 5.82. The lowest BCUT2D eigenvalue weighted by Gasteiger charge is -2.14. The lowest BCUT2D eigenvalue weighted by Crippen LogP contribution is -2.34. The monoisotopic (exact) mass is 236 g/mol. The third-order valence-corrected chi connectivity index (χ3v) is 3.02. The first kappa shape index (κ1) is 12.1. The van der Waals surface area contributed by atoms with Gasteiger partial charge in [-0.3, -0.25) is 9.48 Å². The minimum atomic E-state index is 0.162. The van der Waals surface area contributed by atoms with Gasteiger partial charge in [0, 0.05) is 31.7 Å². The summed E-state index contributed by atoms with van der Waals surface area (Å²) in [5.74, 6) is 0.162. The molecule has 0 bridgehead atoms. The minimum Gasteiger partial charge on any atom is -0.356 e. The Morgan fingerprint density at radius 3 is 3.29 bits per heavy atom. The number of rotatable bonds is 4. The summed E-state index contributed by atoms with van der Waals surface area (Å²) in [6.45, 7) is 4.56. The van der Waals surface area contributed by atoms with Crippen molar-refractivity contribution >= 4 is 5.91 Å². The molecule has 1 atom stereocenters. The molecule has 0 radical (unpaired) electrons. The largest absolute Gasteiger partial charge is 0.356 e. The second-order valence-electron chi connectivity index (χ2n) is 4.63. The molecule has 0 spiro atoms. The van der Waals surface area contributed by atoms with Gasteiger partial charge in [-0.25, -0.2) is 0 Å². The molecule has 2 rings (SSSR count). The molecule has 1 aliphatic rings. The Morgan fingerprint density at radius 2 is 2.53 bits per heavy atom. The average Bonchev–Trinajstić information content (AvgIpc) is 2.58. The summed E-state index contributed by atoms with van der Waals surface area (Å²) in [7, 11) is 0. The van der Waals surface area contributed by atoms with Crippen LogP contribution in [0.1, 0.15) is 24.8 Å². The second-order valence-corrected chi connectivity index (χ2v) is 4.63. The molecule has 5 nitrogen and oxygen atoms in total. The number of nitrogens with zero attached hydrogens (tertiary/aromatic N) is 2. The van der Waals surface area contributed by atoms with Gasteiger partial charge in [0.1, 0.15) is 0 Å². The number of carbonyl (C=O) groups is 1. The van der Waals surface area contributed by atoms with E-state index in [4.69, 9.17) is 0 Å². The summed E-state index contributed by atoms with van der Waals surface area (Å²) < 4.78 is 1.93. The van der Waals surface area contributed by atoms with Crippen LogP contribution >= 0.6 is 0 Å². The number of nitrogens with one attached hydrogen (secondary N) is 2. The fourth-order valence-corrected chi connectivity index (χ4v) is 2.12. The quantitative estimate of drug-likeness (QED) is 0.798. The molecule has 1 saturated heterocycles. The molecule has 1 amide bonds. The van der Waals surface area contributed by atoms with Crippen LogP contribution in [0.4, 0.5) is 0 Å². The molecule has 1 fully saturated rings. The molecule has 0 aliphatic carbocycles. The van der Waals surface area contributed by atoms with Gasteiger partial charge in [0.05, 0.1) is 12.7 Å². The number of aromatic nitrogens is 2. The van der Waals surface area contributed by atoms with Gasteiger partial charge in [0.2, 0.25) is 5.91 Å². The predicted octanol–water partition coefficient (Wildman–Crippen LogP) is 0.450. The fourth-order valence-electron chi connectivity index (χ4n) is 2.12. The van der Waals surface area contributed by atoms with Crippen LogP contribution in [0.15, 0.2) is 12.4 Å². The van der Waals surface area contributed by atoms with Crippen molar-refractivity contribution < 1.29 is 4.79 Å². The van der Waals surface area contributed by atoms with Crippen LogP contribution in [0.5, 0.6) is 0 Å². The van der Waals surface area contributed by atoms with Crippen molar-refractivity contribution in [2.24, 2.45) is 0 Å². The first-order chi connectivity index (χ1) is 8.24. The highest BCUT2D eigenvalue weighted by Gasteiger charge is 2.16. The maximum atomic E-state index is 11.4. The zero-order chi connectivity index (χ0) is 12.1. The number of hydrogen-bond donors (Lipinski definition) is 2. The summed E-state index contributed by atoms with van der Waals surface area (Å²) in [6.07, 6.45) is 6.61. The van der Waals surface area contributed by atoms with E-state index in [0.717, 1.165) is 32.5 Å². The molecule has 2 heterocycles. The SMILES string of the molecule is Cc1cnn(CCNC2CCCNC(=O)C2)c1. The average molecular weight is 236 g/mol. The Morgan fingerprint density at radius 1 is 1.65 bits per heavy atom. The molecule has 2 N–H and O–H groups in total. The standard InChI is InChI=1S/C12H20N4O/c1-10-8-15-16(9-10)6-5-13-11-3-2-4-14-12(17)7-11/h8-9,11,13H,2-7H2,1H3,(H,14,17). The summed E-state index contributed by atoms with van der Waals surface area (Å²) in [6, 6.07) is 0.314. The highest BCUT2D eigenvalue weighted by Crippen LogP contribution is 2.05. The van der Waals surface area contributed by atoms with E-state index < -0.39 is 0 Å². The molecule has 1 aliphatic heterocycles. The van der Waals surface area contributed by atoms with Gasteiger partial charge in [-0.1, -0.05) is 0 Å². The van der Waals surface area contributed by atoms with Crippen molar-refractivity contribution in [1.29, 1.82) is 0 Å². The Kier molecular flexibility index (Phi) is 4.14. The molecule has 1 aromatic rings. The van der Waals surface area contributed by atoms with Gasteiger partial charge in [-0.15, -0.1) is 0 Å². The highest BCUT2D eigenvalue weighted by molar-refractivity contribution is 5.76. The van der Waals surface area contributed by atoms with Crippen molar-refractivity contribution in [2.45, 2.75) is 38.8 Å². The minimum absolute atomic E-state index is 0.162. The summed E-state index contributed by atoms with van der Waals surface area (Å²) in [4.78, 5) is 11.4. The van der Waals surface area contributed by atoms with Gasteiger partial charge >= 0.3 is 0 Å². The molecule has 17 heavy (non-hydrogen) atoms. The Bertz CT molecular complexity index is 374. The number of aryl methyl sites for hydroxylation is 1. The van der Waals surface area contributed by atoms with Crippen LogP contribution in [-0.4, -0.2) is 34.8 Å². The predicted molar refractivity (Wildman–Crippen MR) is 65.6 cm³/mol. The number of carbonyl (C=O) groups excluding carboxylic acids is 1. The van der Waals surface area contributed by atoms with E-state index in [-0.39, 0.29) is 5.91 Å². The summed E-state index contributed by atoms with van der Waals surface area (Å²) in [5, 5.41) is 10.5. The molecule has 5 heteroatoms. The van der Waals surface area contributed by atoms with E-state index in [0.29, 0.717) is 12.5 Å². The molecule has 94 valence electrons. The van der Waals surface area contributed by atoms with Crippen LogP contribution in [0.2, 0.25) is 0 Å². The normalized spacial score (nSPS) is 21.0. The highest BCUT2D eigenvalue weighted by atomic mass is 16.1. The maximum absolute atomic E-state index is 11.4. The molecular weight excluding hydrogens is 216 g/mol. The van der Waals surface area contributed by atoms with Crippen molar-refractivity contribution in [3.8, 4) is 0 Å². The van der Waals surface area contributed by atoms with Crippen LogP contribution in [-0.2, 0) is 11.3 Å². The van der Waals surface area contributed by atoms with Gasteiger partial charge in [0.25, 0.3) is 0 Å². The lowest BCUT2D eigenvalue weighted by atomic mass is 10.1. The topological polar surface area (TPSA) is 59.0 Å². The number of amides is 1. The smallest absolute Gasteiger partial charge is 0.221 e. The molecule has 0 saturated carbocycles.